The summed E-state index contributed by atoms with van der Waals surface area (Å²) in [6, 6.07) is 6.59. The summed E-state index contributed by atoms with van der Waals surface area (Å²) in [5, 5.41) is 9.15. The Hall–Kier alpha value is -2.30. The van der Waals surface area contributed by atoms with E-state index >= 15 is 0 Å². The molecule has 3 N–H and O–H groups in total. The summed E-state index contributed by atoms with van der Waals surface area (Å²) in [7, 11) is 0. The minimum Gasteiger partial charge on any atom is -0.508 e. The van der Waals surface area contributed by atoms with Gasteiger partial charge in [0.25, 0.3) is 5.56 Å². The molecule has 2 aromatic rings. The van der Waals surface area contributed by atoms with Crippen LogP contribution >= 0.6 is 0 Å². The number of aryl methyl sites for hydroxylation is 1. The predicted octanol–water partition coefficient (Wildman–Crippen LogP) is 0.668. The van der Waals surface area contributed by atoms with Crippen molar-refractivity contribution in [2.75, 3.05) is 0 Å². The molecule has 0 radical (unpaired) electrons. The van der Waals surface area contributed by atoms with Crippen molar-refractivity contribution in [3.05, 3.63) is 61.9 Å². The summed E-state index contributed by atoms with van der Waals surface area (Å²) in [6.45, 7) is 1.69. The first kappa shape index (κ1) is 11.2. The van der Waals surface area contributed by atoms with Crippen molar-refractivity contribution in [1.82, 2.24) is 9.97 Å². The Morgan fingerprint density at radius 2 is 1.76 bits per heavy atom. The van der Waals surface area contributed by atoms with E-state index in [0.717, 1.165) is 5.56 Å². The average molecular weight is 232 g/mol. The summed E-state index contributed by atoms with van der Waals surface area (Å²) in [5.41, 5.74) is 1.10. The van der Waals surface area contributed by atoms with Gasteiger partial charge in [-0.3, -0.25) is 9.78 Å². The number of benzene rings is 1. The summed E-state index contributed by atoms with van der Waals surface area (Å²) in [6.07, 6.45) is 0.415. The first-order valence-corrected chi connectivity index (χ1v) is 5.16. The lowest BCUT2D eigenvalue weighted by molar-refractivity contribution is 0.475. The molecular formula is C12H12N2O3. The Bertz CT molecular complexity index is 638. The Kier molecular flexibility index (Phi) is 2.82. The molecule has 0 amide bonds. The number of hydrogen-bond donors (Lipinski definition) is 3. The molecule has 1 aromatic heterocycles. The maximum atomic E-state index is 11.6. The number of nitrogens with one attached hydrogen (secondary N) is 2. The second-order valence-electron chi connectivity index (χ2n) is 3.86. The lowest BCUT2D eigenvalue weighted by Gasteiger charge is -2.04. The van der Waals surface area contributed by atoms with Crippen molar-refractivity contribution in [3.8, 4) is 5.75 Å². The van der Waals surface area contributed by atoms with Crippen molar-refractivity contribution in [2.45, 2.75) is 13.3 Å². The lowest BCUT2D eigenvalue weighted by Crippen LogP contribution is -2.27. The number of hydrogen-bond acceptors (Lipinski definition) is 3. The Balaban J connectivity index is 2.40. The number of aromatic hydroxyl groups is 1. The van der Waals surface area contributed by atoms with Crippen LogP contribution in [0.3, 0.4) is 0 Å². The van der Waals surface area contributed by atoms with Crippen molar-refractivity contribution >= 4 is 0 Å². The lowest BCUT2D eigenvalue weighted by atomic mass is 10.1. The zero-order chi connectivity index (χ0) is 12.4. The second kappa shape index (κ2) is 4.29. The molecule has 0 aliphatic heterocycles. The highest BCUT2D eigenvalue weighted by Crippen LogP contribution is 2.12. The molecule has 0 spiro atoms. The fourth-order valence-electron chi connectivity index (χ4n) is 1.66. The van der Waals surface area contributed by atoms with Crippen LogP contribution in [0.2, 0.25) is 0 Å². The van der Waals surface area contributed by atoms with Crippen molar-refractivity contribution in [3.63, 3.8) is 0 Å². The van der Waals surface area contributed by atoms with Gasteiger partial charge in [0.1, 0.15) is 5.75 Å². The van der Waals surface area contributed by atoms with E-state index in [0.29, 0.717) is 17.7 Å². The number of phenolic OH excluding ortho intramolecular Hbond substituents is 1. The minimum absolute atomic E-state index is 0.181. The van der Waals surface area contributed by atoms with Gasteiger partial charge in [0.2, 0.25) is 0 Å². The van der Waals surface area contributed by atoms with Crippen molar-refractivity contribution in [1.29, 1.82) is 0 Å². The van der Waals surface area contributed by atoms with Crippen LogP contribution in [-0.4, -0.2) is 15.1 Å². The molecule has 0 unspecified atom stereocenters. The maximum absolute atomic E-state index is 11.6. The van der Waals surface area contributed by atoms with Crippen LogP contribution in [-0.2, 0) is 6.42 Å². The van der Waals surface area contributed by atoms with E-state index in [4.69, 9.17) is 5.11 Å². The third-order valence-corrected chi connectivity index (χ3v) is 2.57. The van der Waals surface area contributed by atoms with Gasteiger partial charge in [-0.2, -0.15) is 0 Å². The Labute approximate surface area is 96.8 Å². The van der Waals surface area contributed by atoms with E-state index in [-0.39, 0.29) is 11.3 Å². The van der Waals surface area contributed by atoms with Crippen LogP contribution in [0, 0.1) is 6.92 Å². The highest BCUT2D eigenvalue weighted by atomic mass is 16.3. The maximum Gasteiger partial charge on any atom is 0.325 e. The predicted molar refractivity (Wildman–Crippen MR) is 63.3 cm³/mol. The van der Waals surface area contributed by atoms with E-state index in [9.17, 15) is 9.59 Å². The molecule has 0 atom stereocenters. The van der Waals surface area contributed by atoms with Crippen molar-refractivity contribution in [2.24, 2.45) is 0 Å². The van der Waals surface area contributed by atoms with Gasteiger partial charge >= 0.3 is 5.69 Å². The molecule has 0 fully saturated rings. The van der Waals surface area contributed by atoms with Gasteiger partial charge in [0, 0.05) is 17.7 Å². The molecule has 0 saturated carbocycles. The van der Waals surface area contributed by atoms with Crippen LogP contribution in [0.25, 0.3) is 0 Å². The molecule has 1 heterocycles. The number of rotatable bonds is 2. The molecule has 2 rings (SSSR count). The van der Waals surface area contributed by atoms with Crippen molar-refractivity contribution < 1.29 is 5.11 Å². The zero-order valence-electron chi connectivity index (χ0n) is 9.28. The number of aromatic nitrogens is 2. The first-order chi connectivity index (χ1) is 8.06. The van der Waals surface area contributed by atoms with Gasteiger partial charge in [-0.05, 0) is 24.6 Å². The molecule has 1 aromatic carbocycles. The van der Waals surface area contributed by atoms with Crippen LogP contribution < -0.4 is 11.2 Å². The van der Waals surface area contributed by atoms with Gasteiger partial charge < -0.3 is 10.1 Å². The van der Waals surface area contributed by atoms with Crippen LogP contribution in [0.15, 0.2) is 33.9 Å². The molecular weight excluding hydrogens is 220 g/mol. The van der Waals surface area contributed by atoms with Gasteiger partial charge in [0.05, 0.1) is 0 Å². The summed E-state index contributed by atoms with van der Waals surface area (Å²) in [4.78, 5) is 27.4. The van der Waals surface area contributed by atoms with E-state index in [2.05, 4.69) is 9.97 Å². The molecule has 5 nitrogen and oxygen atoms in total. The molecule has 17 heavy (non-hydrogen) atoms. The second-order valence-corrected chi connectivity index (χ2v) is 3.86. The Morgan fingerprint density at radius 3 is 2.35 bits per heavy atom. The first-order valence-electron chi connectivity index (χ1n) is 5.16. The molecule has 0 saturated heterocycles. The third kappa shape index (κ3) is 2.44. The molecule has 0 bridgehead atoms. The summed E-state index contributed by atoms with van der Waals surface area (Å²) >= 11 is 0. The average Bonchev–Trinajstić information content (AvgIpc) is 2.26. The fourth-order valence-corrected chi connectivity index (χ4v) is 1.66. The van der Waals surface area contributed by atoms with E-state index in [1.165, 1.54) is 0 Å². The number of phenols is 1. The highest BCUT2D eigenvalue weighted by molar-refractivity contribution is 5.30. The van der Waals surface area contributed by atoms with E-state index in [1.54, 1.807) is 31.2 Å². The topological polar surface area (TPSA) is 86.0 Å². The quantitative estimate of drug-likeness (QED) is 0.711. The van der Waals surface area contributed by atoms with Gasteiger partial charge in [-0.15, -0.1) is 0 Å². The monoisotopic (exact) mass is 232 g/mol. The molecule has 0 aliphatic rings. The van der Waals surface area contributed by atoms with E-state index in [1.807, 2.05) is 0 Å². The zero-order valence-corrected chi connectivity index (χ0v) is 9.28. The molecule has 88 valence electrons. The molecule has 0 aliphatic carbocycles. The SMILES string of the molecule is Cc1[nH]c(=O)[nH]c(=O)c1Cc1ccc(O)cc1. The smallest absolute Gasteiger partial charge is 0.325 e. The normalized spacial score (nSPS) is 10.4. The van der Waals surface area contributed by atoms with Gasteiger partial charge in [0.15, 0.2) is 0 Å². The third-order valence-electron chi connectivity index (χ3n) is 2.57. The van der Waals surface area contributed by atoms with Crippen LogP contribution in [0.5, 0.6) is 5.75 Å². The fraction of sp³-hybridized carbons (Fsp3) is 0.167. The minimum atomic E-state index is -0.498. The summed E-state index contributed by atoms with van der Waals surface area (Å²) < 4.78 is 0. The van der Waals surface area contributed by atoms with Crippen LogP contribution in [0.4, 0.5) is 0 Å². The van der Waals surface area contributed by atoms with Crippen LogP contribution in [0.1, 0.15) is 16.8 Å². The highest BCUT2D eigenvalue weighted by Gasteiger charge is 2.06. The summed E-state index contributed by atoms with van der Waals surface area (Å²) in [5.74, 6) is 0.181. The number of H-pyrrole nitrogens is 2. The standard InChI is InChI=1S/C12H12N2O3/c1-7-10(11(16)14-12(17)13-7)6-8-2-4-9(15)5-3-8/h2-5,15H,6H2,1H3,(H2,13,14,16,17). The van der Waals surface area contributed by atoms with E-state index < -0.39 is 5.69 Å². The largest absolute Gasteiger partial charge is 0.508 e. The van der Waals surface area contributed by atoms with Gasteiger partial charge in [-0.1, -0.05) is 12.1 Å². The Morgan fingerprint density at radius 1 is 1.12 bits per heavy atom. The number of aromatic amines is 2. The van der Waals surface area contributed by atoms with Gasteiger partial charge in [-0.25, -0.2) is 4.79 Å². The molecule has 5 heteroatoms.